The lowest BCUT2D eigenvalue weighted by molar-refractivity contribution is 0.210. The van der Waals surface area contributed by atoms with Crippen LogP contribution in [0.5, 0.6) is 0 Å². The number of nitrogens with zero attached hydrogens (tertiary/aromatic N) is 2. The molecule has 5 heteroatoms. The Morgan fingerprint density at radius 2 is 1.90 bits per heavy atom. The second-order valence-corrected chi connectivity index (χ2v) is 5.05. The monoisotopic (exact) mass is 286 g/mol. The number of methoxy groups -OCH3 is 1. The van der Waals surface area contributed by atoms with E-state index in [1.807, 2.05) is 36.4 Å². The number of nitrogens with one attached hydrogen (secondary N) is 2. The molecule has 5 nitrogen and oxygen atoms in total. The summed E-state index contributed by atoms with van der Waals surface area (Å²) in [4.78, 5) is 9.05. The minimum atomic E-state index is 0.315. The van der Waals surface area contributed by atoms with Gasteiger partial charge in [0.25, 0.3) is 0 Å². The van der Waals surface area contributed by atoms with Crippen molar-refractivity contribution in [3.05, 3.63) is 36.4 Å². The van der Waals surface area contributed by atoms with Crippen molar-refractivity contribution in [3.63, 3.8) is 0 Å². The van der Waals surface area contributed by atoms with E-state index in [1.165, 1.54) is 0 Å². The van der Waals surface area contributed by atoms with Gasteiger partial charge in [0.2, 0.25) is 5.95 Å². The summed E-state index contributed by atoms with van der Waals surface area (Å²) in [7, 11) is 1.68. The van der Waals surface area contributed by atoms with Crippen LogP contribution in [0.25, 0.3) is 11.3 Å². The average molecular weight is 286 g/mol. The molecule has 0 atom stereocenters. The summed E-state index contributed by atoms with van der Waals surface area (Å²) in [5.41, 5.74) is 1.97. The molecular weight excluding hydrogens is 264 g/mol. The second kappa shape index (κ2) is 7.59. The Labute approximate surface area is 125 Å². The van der Waals surface area contributed by atoms with E-state index in [-0.39, 0.29) is 0 Å². The van der Waals surface area contributed by atoms with Gasteiger partial charge in [-0.2, -0.15) is 4.98 Å². The molecule has 0 saturated heterocycles. The number of ether oxygens (including phenoxy) is 1. The summed E-state index contributed by atoms with van der Waals surface area (Å²) < 4.78 is 5.04. The Balaban J connectivity index is 2.28. The third-order valence-corrected chi connectivity index (χ3v) is 2.82. The van der Waals surface area contributed by atoms with E-state index in [1.54, 1.807) is 7.11 Å². The molecule has 2 aromatic rings. The van der Waals surface area contributed by atoms with Crippen molar-refractivity contribution in [3.8, 4) is 11.3 Å². The molecule has 0 aliphatic rings. The largest absolute Gasteiger partial charge is 0.383 e. The molecule has 0 amide bonds. The van der Waals surface area contributed by atoms with Gasteiger partial charge in [-0.15, -0.1) is 0 Å². The first kappa shape index (κ1) is 15.3. The van der Waals surface area contributed by atoms with Crippen LogP contribution in [0.4, 0.5) is 11.8 Å². The van der Waals surface area contributed by atoms with E-state index in [0.717, 1.165) is 17.1 Å². The zero-order valence-electron chi connectivity index (χ0n) is 12.8. The van der Waals surface area contributed by atoms with Crippen molar-refractivity contribution in [1.29, 1.82) is 0 Å². The molecule has 0 saturated carbocycles. The fourth-order valence-corrected chi connectivity index (χ4v) is 1.92. The highest BCUT2D eigenvalue weighted by Crippen LogP contribution is 2.21. The molecule has 0 unspecified atom stereocenters. The summed E-state index contributed by atoms with van der Waals surface area (Å²) >= 11 is 0. The summed E-state index contributed by atoms with van der Waals surface area (Å²) in [5.74, 6) is 1.43. The van der Waals surface area contributed by atoms with Gasteiger partial charge >= 0.3 is 0 Å². The number of benzene rings is 1. The van der Waals surface area contributed by atoms with Gasteiger partial charge in [-0.25, -0.2) is 4.98 Å². The second-order valence-electron chi connectivity index (χ2n) is 5.05. The number of hydrogen-bond acceptors (Lipinski definition) is 5. The topological polar surface area (TPSA) is 59.1 Å². The lowest BCUT2D eigenvalue weighted by Gasteiger charge is -2.13. The van der Waals surface area contributed by atoms with Gasteiger partial charge in [0.05, 0.1) is 12.3 Å². The van der Waals surface area contributed by atoms with Crippen LogP contribution in [-0.4, -0.2) is 36.3 Å². The van der Waals surface area contributed by atoms with Gasteiger partial charge in [0.1, 0.15) is 5.82 Å². The fourth-order valence-electron chi connectivity index (χ4n) is 1.92. The predicted octanol–water partition coefficient (Wildman–Crippen LogP) is 3.02. The van der Waals surface area contributed by atoms with E-state index in [9.17, 15) is 0 Å². The van der Waals surface area contributed by atoms with E-state index < -0.39 is 0 Å². The molecular formula is C16H22N4O. The molecule has 2 rings (SSSR count). The Kier molecular flexibility index (Phi) is 5.51. The summed E-state index contributed by atoms with van der Waals surface area (Å²) in [5, 5.41) is 6.51. The van der Waals surface area contributed by atoms with Crippen LogP contribution >= 0.6 is 0 Å². The normalized spacial score (nSPS) is 10.7. The molecule has 112 valence electrons. The lowest BCUT2D eigenvalue weighted by atomic mass is 10.1. The van der Waals surface area contributed by atoms with E-state index >= 15 is 0 Å². The van der Waals surface area contributed by atoms with Crippen molar-refractivity contribution in [2.75, 3.05) is 30.9 Å². The maximum Gasteiger partial charge on any atom is 0.225 e. The zero-order valence-corrected chi connectivity index (χ0v) is 12.8. The van der Waals surface area contributed by atoms with Gasteiger partial charge in [-0.3, -0.25) is 0 Å². The van der Waals surface area contributed by atoms with Crippen molar-refractivity contribution in [2.45, 2.75) is 19.9 Å². The van der Waals surface area contributed by atoms with Gasteiger partial charge in [0.15, 0.2) is 0 Å². The lowest BCUT2D eigenvalue weighted by Crippen LogP contribution is -2.14. The Hall–Kier alpha value is -2.14. The van der Waals surface area contributed by atoms with Gasteiger partial charge in [0, 0.05) is 31.3 Å². The first-order chi connectivity index (χ1) is 10.2. The van der Waals surface area contributed by atoms with Crippen LogP contribution in [0, 0.1) is 0 Å². The third kappa shape index (κ3) is 4.72. The van der Waals surface area contributed by atoms with E-state index in [2.05, 4.69) is 34.4 Å². The van der Waals surface area contributed by atoms with E-state index in [0.29, 0.717) is 25.1 Å². The number of hydrogen-bond donors (Lipinski definition) is 2. The molecule has 0 fully saturated rings. The fraction of sp³-hybridized carbons (Fsp3) is 0.375. The SMILES string of the molecule is COCCNc1nc(NC(C)C)cc(-c2ccccc2)n1. The zero-order chi connectivity index (χ0) is 15.1. The van der Waals surface area contributed by atoms with Crippen LogP contribution in [0.3, 0.4) is 0 Å². The first-order valence-corrected chi connectivity index (χ1v) is 7.13. The van der Waals surface area contributed by atoms with Crippen LogP contribution in [0.15, 0.2) is 36.4 Å². The number of rotatable bonds is 7. The average Bonchev–Trinajstić information content (AvgIpc) is 2.47. The maximum atomic E-state index is 5.04. The van der Waals surface area contributed by atoms with Gasteiger partial charge < -0.3 is 15.4 Å². The Morgan fingerprint density at radius 1 is 1.14 bits per heavy atom. The molecule has 0 aliphatic heterocycles. The molecule has 1 heterocycles. The van der Waals surface area contributed by atoms with E-state index in [4.69, 9.17) is 4.74 Å². The van der Waals surface area contributed by atoms with Crippen molar-refractivity contribution in [2.24, 2.45) is 0 Å². The van der Waals surface area contributed by atoms with Gasteiger partial charge in [-0.1, -0.05) is 30.3 Å². The van der Waals surface area contributed by atoms with Gasteiger partial charge in [-0.05, 0) is 13.8 Å². The van der Waals surface area contributed by atoms with Crippen LogP contribution in [-0.2, 0) is 4.74 Å². The highest BCUT2D eigenvalue weighted by Gasteiger charge is 2.07. The number of aromatic nitrogens is 2. The Morgan fingerprint density at radius 3 is 2.57 bits per heavy atom. The summed E-state index contributed by atoms with van der Waals surface area (Å²) in [6.45, 7) is 5.46. The summed E-state index contributed by atoms with van der Waals surface area (Å²) in [6, 6.07) is 12.4. The highest BCUT2D eigenvalue weighted by molar-refractivity contribution is 5.64. The van der Waals surface area contributed by atoms with Crippen LogP contribution in [0.1, 0.15) is 13.8 Å². The smallest absolute Gasteiger partial charge is 0.225 e. The predicted molar refractivity (Wildman–Crippen MR) is 86.6 cm³/mol. The molecule has 1 aromatic heterocycles. The van der Waals surface area contributed by atoms with Crippen molar-refractivity contribution < 1.29 is 4.74 Å². The quantitative estimate of drug-likeness (QED) is 0.766. The minimum Gasteiger partial charge on any atom is -0.383 e. The Bertz CT molecular complexity index is 557. The summed E-state index contributed by atoms with van der Waals surface area (Å²) in [6.07, 6.45) is 0. The van der Waals surface area contributed by atoms with Crippen molar-refractivity contribution >= 4 is 11.8 Å². The first-order valence-electron chi connectivity index (χ1n) is 7.13. The molecule has 0 spiro atoms. The molecule has 21 heavy (non-hydrogen) atoms. The molecule has 1 aromatic carbocycles. The molecule has 0 radical (unpaired) electrons. The van der Waals surface area contributed by atoms with Crippen LogP contribution in [0.2, 0.25) is 0 Å². The number of anilines is 2. The standard InChI is InChI=1S/C16H22N4O/c1-12(2)18-15-11-14(13-7-5-4-6-8-13)19-16(20-15)17-9-10-21-3/h4-8,11-12H,9-10H2,1-3H3,(H2,17,18,19,20). The van der Waals surface area contributed by atoms with Crippen LogP contribution < -0.4 is 10.6 Å². The molecule has 0 aliphatic carbocycles. The molecule has 0 bridgehead atoms. The van der Waals surface area contributed by atoms with Crippen molar-refractivity contribution in [1.82, 2.24) is 9.97 Å². The molecule has 2 N–H and O–H groups in total. The maximum absolute atomic E-state index is 5.04. The third-order valence-electron chi connectivity index (χ3n) is 2.82. The minimum absolute atomic E-state index is 0.315. The highest BCUT2D eigenvalue weighted by atomic mass is 16.5.